The predicted octanol–water partition coefficient (Wildman–Crippen LogP) is 4.90. The number of hydrogen-bond acceptors (Lipinski definition) is 3. The van der Waals surface area contributed by atoms with Crippen molar-refractivity contribution in [3.8, 4) is 11.1 Å². The molecule has 7 heteroatoms. The number of nitrogen functional groups attached to an aromatic ring is 1. The van der Waals surface area contributed by atoms with Crippen molar-refractivity contribution >= 4 is 16.7 Å². The number of hydrogen-bond donors (Lipinski definition) is 1. The largest absolute Gasteiger partial charge is 0.389 e. The molecule has 0 spiro atoms. The Morgan fingerprint density at radius 3 is 2.56 bits per heavy atom. The van der Waals surface area contributed by atoms with Gasteiger partial charge in [0.05, 0.1) is 5.52 Å². The van der Waals surface area contributed by atoms with E-state index in [0.717, 1.165) is 5.39 Å². The van der Waals surface area contributed by atoms with Crippen molar-refractivity contribution in [2.45, 2.75) is 25.4 Å². The van der Waals surface area contributed by atoms with Crippen molar-refractivity contribution in [1.82, 2.24) is 9.97 Å². The van der Waals surface area contributed by atoms with Crippen molar-refractivity contribution in [3.05, 3.63) is 54.1 Å². The summed E-state index contributed by atoms with van der Waals surface area (Å²) < 4.78 is 51.0. The molecule has 2 aromatic heterocycles. The fourth-order valence-corrected chi connectivity index (χ4v) is 2.71. The maximum absolute atomic E-state index is 14.4. The highest BCUT2D eigenvalue weighted by atomic mass is 19.4. The lowest BCUT2D eigenvalue weighted by Crippen LogP contribution is -2.08. The molecule has 25 heavy (non-hydrogen) atoms. The van der Waals surface area contributed by atoms with E-state index in [1.807, 2.05) is 0 Å². The molecule has 0 aliphatic carbocycles. The number of benzene rings is 1. The van der Waals surface area contributed by atoms with E-state index in [4.69, 9.17) is 5.73 Å². The van der Waals surface area contributed by atoms with Gasteiger partial charge in [-0.1, -0.05) is 6.07 Å². The summed E-state index contributed by atoms with van der Waals surface area (Å²) in [6, 6.07) is 9.66. The normalized spacial score (nSPS) is 11.8. The first kappa shape index (κ1) is 17.1. The summed E-state index contributed by atoms with van der Waals surface area (Å²) in [5, 5.41) is 0.757. The van der Waals surface area contributed by atoms with Gasteiger partial charge in [0, 0.05) is 34.8 Å². The molecule has 2 heterocycles. The lowest BCUT2D eigenvalue weighted by Gasteiger charge is -2.11. The first-order valence-corrected chi connectivity index (χ1v) is 7.71. The minimum atomic E-state index is -4.19. The van der Waals surface area contributed by atoms with Crippen LogP contribution in [0, 0.1) is 5.82 Å². The molecule has 0 atom stereocenters. The lowest BCUT2D eigenvalue weighted by atomic mass is 10.0. The standard InChI is InChI=1S/C18H15F4N3/c19-14-8-5-11-3-2-10-24-16(11)15(14)13-7-6-12(25-17(13)23)4-1-9-18(20,21)22/h2-3,5-8,10H,1,4,9H2,(H2,23,25). The van der Waals surface area contributed by atoms with Crippen LogP contribution in [0.5, 0.6) is 0 Å². The summed E-state index contributed by atoms with van der Waals surface area (Å²) in [4.78, 5) is 8.34. The van der Waals surface area contributed by atoms with Gasteiger partial charge >= 0.3 is 6.18 Å². The van der Waals surface area contributed by atoms with E-state index < -0.39 is 18.4 Å². The lowest BCUT2D eigenvalue weighted by molar-refractivity contribution is -0.135. The number of nitrogens with zero attached hydrogens (tertiary/aromatic N) is 2. The molecule has 3 aromatic rings. The second-order valence-electron chi connectivity index (χ2n) is 5.70. The molecular weight excluding hydrogens is 334 g/mol. The van der Waals surface area contributed by atoms with Crippen molar-refractivity contribution in [1.29, 1.82) is 0 Å². The van der Waals surface area contributed by atoms with Gasteiger partial charge in [0.1, 0.15) is 11.6 Å². The maximum atomic E-state index is 14.4. The SMILES string of the molecule is Nc1nc(CCCC(F)(F)F)ccc1-c1c(F)ccc2cccnc12. The summed E-state index contributed by atoms with van der Waals surface area (Å²) in [6.45, 7) is 0. The molecule has 3 rings (SSSR count). The summed E-state index contributed by atoms with van der Waals surface area (Å²) in [5.41, 5.74) is 7.46. The number of aryl methyl sites for hydroxylation is 1. The maximum Gasteiger partial charge on any atom is 0.389 e. The van der Waals surface area contributed by atoms with Gasteiger partial charge in [-0.3, -0.25) is 4.98 Å². The van der Waals surface area contributed by atoms with Gasteiger partial charge < -0.3 is 5.73 Å². The zero-order valence-corrected chi connectivity index (χ0v) is 13.1. The number of halogens is 4. The van der Waals surface area contributed by atoms with Crippen LogP contribution in [0.2, 0.25) is 0 Å². The molecule has 130 valence electrons. The minimum Gasteiger partial charge on any atom is -0.383 e. The molecule has 0 unspecified atom stereocenters. The fourth-order valence-electron chi connectivity index (χ4n) is 2.71. The number of pyridine rings is 2. The van der Waals surface area contributed by atoms with E-state index in [0.29, 0.717) is 16.8 Å². The molecule has 0 saturated carbocycles. The third kappa shape index (κ3) is 3.87. The van der Waals surface area contributed by atoms with Crippen molar-refractivity contribution < 1.29 is 17.6 Å². The Morgan fingerprint density at radius 2 is 1.84 bits per heavy atom. The second-order valence-corrected chi connectivity index (χ2v) is 5.70. The van der Waals surface area contributed by atoms with E-state index in [1.54, 1.807) is 36.5 Å². The second kappa shape index (κ2) is 6.66. The van der Waals surface area contributed by atoms with Gasteiger partial charge in [0.15, 0.2) is 0 Å². The Kier molecular flexibility index (Phi) is 4.57. The van der Waals surface area contributed by atoms with Crippen LogP contribution in [0.15, 0.2) is 42.6 Å². The van der Waals surface area contributed by atoms with Crippen molar-refractivity contribution in [3.63, 3.8) is 0 Å². The van der Waals surface area contributed by atoms with E-state index in [9.17, 15) is 17.6 Å². The molecule has 2 N–H and O–H groups in total. The number of fused-ring (bicyclic) bond motifs is 1. The molecule has 3 nitrogen and oxygen atoms in total. The first-order chi connectivity index (χ1) is 11.8. The van der Waals surface area contributed by atoms with Crippen LogP contribution >= 0.6 is 0 Å². The van der Waals surface area contributed by atoms with Crippen LogP contribution in [0.25, 0.3) is 22.0 Å². The summed E-state index contributed by atoms with van der Waals surface area (Å²) in [6.07, 6.45) is -3.43. The minimum absolute atomic E-state index is 0.0700. The molecule has 0 radical (unpaired) electrons. The van der Waals surface area contributed by atoms with E-state index in [2.05, 4.69) is 9.97 Å². The van der Waals surface area contributed by atoms with Crippen LogP contribution in [0.4, 0.5) is 23.4 Å². The molecule has 0 fully saturated rings. The van der Waals surface area contributed by atoms with Crippen LogP contribution in [-0.4, -0.2) is 16.1 Å². The third-order valence-electron chi connectivity index (χ3n) is 3.87. The number of anilines is 1. The molecule has 0 aliphatic heterocycles. The quantitative estimate of drug-likeness (QED) is 0.682. The summed E-state index contributed by atoms with van der Waals surface area (Å²) in [5.74, 6) is -0.411. The monoisotopic (exact) mass is 349 g/mol. The zero-order chi connectivity index (χ0) is 18.0. The van der Waals surface area contributed by atoms with Crippen LogP contribution in [0.1, 0.15) is 18.5 Å². The molecular formula is C18H15F4N3. The van der Waals surface area contributed by atoms with Gasteiger partial charge in [0.2, 0.25) is 0 Å². The van der Waals surface area contributed by atoms with E-state index in [1.165, 1.54) is 6.07 Å². The Bertz CT molecular complexity index is 906. The van der Waals surface area contributed by atoms with Crippen molar-refractivity contribution in [2.75, 3.05) is 5.73 Å². The molecule has 0 amide bonds. The highest BCUT2D eigenvalue weighted by molar-refractivity contribution is 5.96. The Balaban J connectivity index is 1.93. The highest BCUT2D eigenvalue weighted by Crippen LogP contribution is 2.33. The average Bonchev–Trinajstić information content (AvgIpc) is 2.55. The topological polar surface area (TPSA) is 51.8 Å². The average molecular weight is 349 g/mol. The Hall–Kier alpha value is -2.70. The van der Waals surface area contributed by atoms with Gasteiger partial charge in [-0.15, -0.1) is 0 Å². The van der Waals surface area contributed by atoms with Gasteiger partial charge in [-0.25, -0.2) is 9.37 Å². The first-order valence-electron chi connectivity index (χ1n) is 7.71. The predicted molar refractivity (Wildman–Crippen MR) is 88.3 cm³/mol. The van der Waals surface area contributed by atoms with Gasteiger partial charge in [-0.2, -0.15) is 13.2 Å². The third-order valence-corrected chi connectivity index (χ3v) is 3.87. The number of rotatable bonds is 4. The van der Waals surface area contributed by atoms with Gasteiger partial charge in [0.25, 0.3) is 0 Å². The van der Waals surface area contributed by atoms with Crippen LogP contribution < -0.4 is 5.73 Å². The molecule has 1 aromatic carbocycles. The van der Waals surface area contributed by atoms with E-state index in [-0.39, 0.29) is 24.2 Å². The van der Waals surface area contributed by atoms with Crippen molar-refractivity contribution in [2.24, 2.45) is 0 Å². The number of nitrogens with two attached hydrogens (primary N) is 1. The highest BCUT2D eigenvalue weighted by Gasteiger charge is 2.26. The fraction of sp³-hybridized carbons (Fsp3) is 0.222. The summed E-state index contributed by atoms with van der Waals surface area (Å²) >= 11 is 0. The zero-order valence-electron chi connectivity index (χ0n) is 13.1. The molecule has 0 saturated heterocycles. The molecule has 0 bridgehead atoms. The number of alkyl halides is 3. The Morgan fingerprint density at radius 1 is 1.04 bits per heavy atom. The Labute approximate surface area is 141 Å². The number of aromatic nitrogens is 2. The van der Waals surface area contributed by atoms with E-state index >= 15 is 0 Å². The van der Waals surface area contributed by atoms with Crippen LogP contribution in [0.3, 0.4) is 0 Å². The molecule has 0 aliphatic rings. The summed E-state index contributed by atoms with van der Waals surface area (Å²) in [7, 11) is 0. The smallest absolute Gasteiger partial charge is 0.383 e. The van der Waals surface area contributed by atoms with Gasteiger partial charge in [-0.05, 0) is 43.2 Å². The van der Waals surface area contributed by atoms with Crippen LogP contribution in [-0.2, 0) is 6.42 Å².